The molecule has 0 aromatic carbocycles. The monoisotopic (exact) mass is 284 g/mol. The zero-order chi connectivity index (χ0) is 15.2. The predicted molar refractivity (Wildman–Crippen MR) is 79.5 cm³/mol. The van der Waals surface area contributed by atoms with Crippen LogP contribution in [0.4, 0.5) is 0 Å². The van der Waals surface area contributed by atoms with Crippen molar-refractivity contribution in [2.24, 2.45) is 5.92 Å². The first kappa shape index (κ1) is 18.7. The van der Waals surface area contributed by atoms with E-state index in [2.05, 4.69) is 13.8 Å². The standard InChI is InChI=1S/C16H28O4/c1-14(2)10-8-6-4-3-5-7-9-13-20-16(19)12-11-15(17)18/h11-12,14H,3-10,13H2,1-2H3,(H,17,18)/b12-11+. The second-order valence-electron chi connectivity index (χ2n) is 5.50. The van der Waals surface area contributed by atoms with Crippen LogP contribution < -0.4 is 0 Å². The van der Waals surface area contributed by atoms with Crippen molar-refractivity contribution in [3.8, 4) is 0 Å². The Balaban J connectivity index is 3.24. The average Bonchev–Trinajstić information content (AvgIpc) is 2.38. The smallest absolute Gasteiger partial charge is 0.331 e. The predicted octanol–water partition coefficient (Wildman–Crippen LogP) is 3.95. The number of carboxylic acids is 1. The van der Waals surface area contributed by atoms with Crippen molar-refractivity contribution in [3.63, 3.8) is 0 Å². The maximum absolute atomic E-state index is 11.0. The molecule has 0 fully saturated rings. The third kappa shape index (κ3) is 14.7. The van der Waals surface area contributed by atoms with E-state index in [1.54, 1.807) is 0 Å². The van der Waals surface area contributed by atoms with Crippen LogP contribution in [0, 0.1) is 5.92 Å². The van der Waals surface area contributed by atoms with Crippen LogP contribution in [0.25, 0.3) is 0 Å². The number of carbonyl (C=O) groups excluding carboxylic acids is 1. The molecule has 0 heterocycles. The van der Waals surface area contributed by atoms with Gasteiger partial charge in [-0.25, -0.2) is 9.59 Å². The van der Waals surface area contributed by atoms with Gasteiger partial charge < -0.3 is 9.84 Å². The molecule has 0 aromatic heterocycles. The molecular formula is C16H28O4. The Bertz CT molecular complexity index is 295. The van der Waals surface area contributed by atoms with Gasteiger partial charge >= 0.3 is 11.9 Å². The van der Waals surface area contributed by atoms with E-state index in [1.165, 1.54) is 38.5 Å². The highest BCUT2D eigenvalue weighted by molar-refractivity contribution is 5.90. The molecule has 1 N–H and O–H groups in total. The van der Waals surface area contributed by atoms with Crippen LogP contribution in [0.3, 0.4) is 0 Å². The Morgan fingerprint density at radius 3 is 2.05 bits per heavy atom. The third-order valence-electron chi connectivity index (χ3n) is 3.03. The fourth-order valence-electron chi connectivity index (χ4n) is 1.90. The van der Waals surface area contributed by atoms with Gasteiger partial charge in [0, 0.05) is 12.2 Å². The molecule has 0 rings (SSSR count). The summed E-state index contributed by atoms with van der Waals surface area (Å²) in [7, 11) is 0. The van der Waals surface area contributed by atoms with Crippen LogP contribution in [0.15, 0.2) is 12.2 Å². The molecule has 116 valence electrons. The lowest BCUT2D eigenvalue weighted by molar-refractivity contribution is -0.138. The molecule has 0 aliphatic rings. The summed E-state index contributed by atoms with van der Waals surface area (Å²) in [5.74, 6) is -0.916. The number of unbranched alkanes of at least 4 members (excludes halogenated alkanes) is 6. The van der Waals surface area contributed by atoms with Gasteiger partial charge in [-0.15, -0.1) is 0 Å². The quantitative estimate of drug-likeness (QED) is 0.335. The molecule has 4 heteroatoms. The van der Waals surface area contributed by atoms with Crippen LogP contribution in [0.5, 0.6) is 0 Å². The number of esters is 1. The van der Waals surface area contributed by atoms with E-state index in [-0.39, 0.29) is 0 Å². The topological polar surface area (TPSA) is 63.6 Å². The van der Waals surface area contributed by atoms with Crippen molar-refractivity contribution in [1.29, 1.82) is 0 Å². The number of hydrogen-bond acceptors (Lipinski definition) is 3. The highest BCUT2D eigenvalue weighted by atomic mass is 16.5. The van der Waals surface area contributed by atoms with E-state index in [9.17, 15) is 9.59 Å². The van der Waals surface area contributed by atoms with Crippen LogP contribution >= 0.6 is 0 Å². The van der Waals surface area contributed by atoms with Crippen LogP contribution in [-0.2, 0) is 14.3 Å². The molecule has 0 aliphatic carbocycles. The highest BCUT2D eigenvalue weighted by Gasteiger charge is 1.98. The van der Waals surface area contributed by atoms with Gasteiger partial charge in [0.2, 0.25) is 0 Å². The van der Waals surface area contributed by atoms with E-state index in [4.69, 9.17) is 9.84 Å². The highest BCUT2D eigenvalue weighted by Crippen LogP contribution is 2.11. The number of carbonyl (C=O) groups is 2. The fraction of sp³-hybridized carbons (Fsp3) is 0.750. The number of hydrogen-bond donors (Lipinski definition) is 1. The lowest BCUT2D eigenvalue weighted by Gasteiger charge is -2.04. The van der Waals surface area contributed by atoms with Gasteiger partial charge in [-0.2, -0.15) is 0 Å². The largest absolute Gasteiger partial charge is 0.478 e. The molecule has 0 atom stereocenters. The summed E-state index contributed by atoms with van der Waals surface area (Å²) < 4.78 is 4.87. The summed E-state index contributed by atoms with van der Waals surface area (Å²) in [5, 5.41) is 8.33. The molecule has 0 unspecified atom stereocenters. The SMILES string of the molecule is CC(C)CCCCCCCCCOC(=O)/C=C/C(=O)O. The van der Waals surface area contributed by atoms with Gasteiger partial charge in [0.25, 0.3) is 0 Å². The lowest BCUT2D eigenvalue weighted by atomic mass is 10.0. The summed E-state index contributed by atoms with van der Waals surface area (Å²) in [6.07, 6.45) is 11.3. The molecule has 0 saturated heterocycles. The molecule has 0 spiro atoms. The number of carboxylic acid groups (broad SMARTS) is 1. The van der Waals surface area contributed by atoms with Gasteiger partial charge in [-0.1, -0.05) is 58.8 Å². The zero-order valence-corrected chi connectivity index (χ0v) is 12.8. The molecule has 4 nitrogen and oxygen atoms in total. The molecule has 0 aromatic rings. The molecule has 0 bridgehead atoms. The first-order valence-electron chi connectivity index (χ1n) is 7.60. The minimum absolute atomic E-state index is 0.371. The Morgan fingerprint density at radius 2 is 1.50 bits per heavy atom. The van der Waals surface area contributed by atoms with E-state index in [1.807, 2.05) is 0 Å². The molecule has 20 heavy (non-hydrogen) atoms. The lowest BCUT2D eigenvalue weighted by Crippen LogP contribution is -2.03. The van der Waals surface area contributed by atoms with Crippen molar-refractivity contribution in [2.75, 3.05) is 6.61 Å². The Hall–Kier alpha value is -1.32. The third-order valence-corrected chi connectivity index (χ3v) is 3.03. The first-order chi connectivity index (χ1) is 9.52. The minimum Gasteiger partial charge on any atom is -0.478 e. The molecule has 0 radical (unpaired) electrons. The van der Waals surface area contributed by atoms with Gasteiger partial charge in [0.15, 0.2) is 0 Å². The second-order valence-corrected chi connectivity index (χ2v) is 5.50. The van der Waals surface area contributed by atoms with Crippen molar-refractivity contribution in [3.05, 3.63) is 12.2 Å². The summed E-state index contributed by atoms with van der Waals surface area (Å²) in [5.41, 5.74) is 0. The number of ether oxygens (including phenoxy) is 1. The van der Waals surface area contributed by atoms with Gasteiger partial charge in [-0.05, 0) is 12.3 Å². The summed E-state index contributed by atoms with van der Waals surface area (Å²) in [4.78, 5) is 21.2. The number of rotatable bonds is 12. The summed E-state index contributed by atoms with van der Waals surface area (Å²) >= 11 is 0. The van der Waals surface area contributed by atoms with E-state index < -0.39 is 11.9 Å². The van der Waals surface area contributed by atoms with Crippen molar-refractivity contribution < 1.29 is 19.4 Å². The molecule has 0 aliphatic heterocycles. The van der Waals surface area contributed by atoms with E-state index in [0.29, 0.717) is 6.61 Å². The normalized spacial score (nSPS) is 11.2. The first-order valence-corrected chi connectivity index (χ1v) is 7.60. The van der Waals surface area contributed by atoms with Crippen molar-refractivity contribution in [1.82, 2.24) is 0 Å². The van der Waals surface area contributed by atoms with E-state index in [0.717, 1.165) is 30.9 Å². The van der Waals surface area contributed by atoms with Gasteiger partial charge in [0.1, 0.15) is 0 Å². The minimum atomic E-state index is -1.14. The average molecular weight is 284 g/mol. The second kappa shape index (κ2) is 12.7. The molecule has 0 saturated carbocycles. The fourth-order valence-corrected chi connectivity index (χ4v) is 1.90. The van der Waals surface area contributed by atoms with Crippen LogP contribution in [0.1, 0.15) is 65.2 Å². The summed E-state index contributed by atoms with van der Waals surface area (Å²) in [6.45, 7) is 4.88. The van der Waals surface area contributed by atoms with Crippen molar-refractivity contribution in [2.45, 2.75) is 65.2 Å². The maximum atomic E-state index is 11.0. The maximum Gasteiger partial charge on any atom is 0.331 e. The zero-order valence-electron chi connectivity index (χ0n) is 12.8. The molecule has 0 amide bonds. The summed E-state index contributed by atoms with van der Waals surface area (Å²) in [6, 6.07) is 0. The van der Waals surface area contributed by atoms with Crippen LogP contribution in [0.2, 0.25) is 0 Å². The van der Waals surface area contributed by atoms with E-state index >= 15 is 0 Å². The Kier molecular flexibility index (Phi) is 11.9. The van der Waals surface area contributed by atoms with Gasteiger partial charge in [-0.3, -0.25) is 0 Å². The number of aliphatic carboxylic acids is 1. The van der Waals surface area contributed by atoms with Gasteiger partial charge in [0.05, 0.1) is 6.61 Å². The molecular weight excluding hydrogens is 256 g/mol. The van der Waals surface area contributed by atoms with Crippen LogP contribution in [-0.4, -0.2) is 23.7 Å². The van der Waals surface area contributed by atoms with Crippen molar-refractivity contribution >= 4 is 11.9 Å². The Labute approximate surface area is 122 Å². The Morgan fingerprint density at radius 1 is 0.950 bits per heavy atom.